The zero-order valence-corrected chi connectivity index (χ0v) is 10.2. The second-order valence-electron chi connectivity index (χ2n) is 5.05. The van der Waals surface area contributed by atoms with Crippen molar-refractivity contribution in [2.45, 2.75) is 51.0 Å². The standard InChI is InChI=1S/C13H22O3/c1-2-3-12(14)11-4-7-16-13(10-11)5-8-15-9-6-13/h11H,2-10H2,1H3. The number of carbonyl (C=O) groups is 1. The van der Waals surface area contributed by atoms with Crippen LogP contribution in [0.15, 0.2) is 0 Å². The van der Waals surface area contributed by atoms with E-state index in [9.17, 15) is 4.79 Å². The Labute approximate surface area is 97.5 Å². The van der Waals surface area contributed by atoms with Crippen LogP contribution in [0, 0.1) is 5.92 Å². The quantitative estimate of drug-likeness (QED) is 0.741. The van der Waals surface area contributed by atoms with Gasteiger partial charge in [0.1, 0.15) is 5.78 Å². The summed E-state index contributed by atoms with van der Waals surface area (Å²) in [4.78, 5) is 11.9. The van der Waals surface area contributed by atoms with Gasteiger partial charge < -0.3 is 9.47 Å². The Morgan fingerprint density at radius 3 is 2.75 bits per heavy atom. The highest BCUT2D eigenvalue weighted by Crippen LogP contribution is 2.37. The van der Waals surface area contributed by atoms with Crippen LogP contribution in [0.5, 0.6) is 0 Å². The molecule has 2 heterocycles. The molecule has 2 fully saturated rings. The van der Waals surface area contributed by atoms with Crippen LogP contribution in [0.4, 0.5) is 0 Å². The summed E-state index contributed by atoms with van der Waals surface area (Å²) in [6.07, 6.45) is 5.46. The van der Waals surface area contributed by atoms with Crippen LogP contribution in [-0.4, -0.2) is 31.2 Å². The van der Waals surface area contributed by atoms with Crippen LogP contribution < -0.4 is 0 Å². The minimum atomic E-state index is -0.0371. The van der Waals surface area contributed by atoms with Gasteiger partial charge in [-0.25, -0.2) is 0 Å². The second-order valence-corrected chi connectivity index (χ2v) is 5.05. The van der Waals surface area contributed by atoms with E-state index in [-0.39, 0.29) is 11.5 Å². The molecule has 1 spiro atoms. The molecule has 0 saturated carbocycles. The fourth-order valence-corrected chi connectivity index (χ4v) is 2.84. The molecule has 2 aliphatic heterocycles. The Morgan fingerprint density at radius 1 is 1.31 bits per heavy atom. The van der Waals surface area contributed by atoms with E-state index < -0.39 is 0 Å². The first-order valence-electron chi connectivity index (χ1n) is 6.50. The van der Waals surface area contributed by atoms with Crippen molar-refractivity contribution >= 4 is 5.78 Å². The summed E-state index contributed by atoms with van der Waals surface area (Å²) in [5.41, 5.74) is -0.0371. The van der Waals surface area contributed by atoms with Crippen molar-refractivity contribution in [2.24, 2.45) is 5.92 Å². The number of hydrogen-bond acceptors (Lipinski definition) is 3. The molecule has 1 atom stereocenters. The predicted molar refractivity (Wildman–Crippen MR) is 61.4 cm³/mol. The Bertz CT molecular complexity index is 238. The van der Waals surface area contributed by atoms with Crippen molar-refractivity contribution in [3.8, 4) is 0 Å². The van der Waals surface area contributed by atoms with Gasteiger partial charge >= 0.3 is 0 Å². The van der Waals surface area contributed by atoms with Crippen molar-refractivity contribution in [1.82, 2.24) is 0 Å². The van der Waals surface area contributed by atoms with Gasteiger partial charge in [-0.2, -0.15) is 0 Å². The first-order valence-corrected chi connectivity index (χ1v) is 6.50. The summed E-state index contributed by atoms with van der Waals surface area (Å²) in [7, 11) is 0. The lowest BCUT2D eigenvalue weighted by Gasteiger charge is -2.42. The van der Waals surface area contributed by atoms with Crippen molar-refractivity contribution < 1.29 is 14.3 Å². The van der Waals surface area contributed by atoms with Crippen LogP contribution in [0.2, 0.25) is 0 Å². The zero-order valence-electron chi connectivity index (χ0n) is 10.2. The number of hydrogen-bond donors (Lipinski definition) is 0. The number of Topliss-reactive ketones (excluding diaryl/α,β-unsaturated/α-hetero) is 1. The van der Waals surface area contributed by atoms with Gasteiger partial charge in [0, 0.05) is 32.2 Å². The number of ketones is 1. The second kappa shape index (κ2) is 5.28. The highest BCUT2D eigenvalue weighted by atomic mass is 16.5. The maximum absolute atomic E-state index is 11.9. The lowest BCUT2D eigenvalue weighted by Crippen LogP contribution is -2.45. The molecule has 2 saturated heterocycles. The normalized spacial score (nSPS) is 29.2. The SMILES string of the molecule is CCCC(=O)C1CCOC2(CCOCC2)C1. The van der Waals surface area contributed by atoms with Crippen LogP contribution in [0.1, 0.15) is 45.4 Å². The van der Waals surface area contributed by atoms with Crippen LogP contribution >= 0.6 is 0 Å². The molecule has 0 amide bonds. The van der Waals surface area contributed by atoms with Crippen molar-refractivity contribution in [3.05, 3.63) is 0 Å². The van der Waals surface area contributed by atoms with E-state index in [0.717, 1.165) is 58.3 Å². The first-order chi connectivity index (χ1) is 7.76. The minimum Gasteiger partial charge on any atom is -0.381 e. The largest absolute Gasteiger partial charge is 0.381 e. The molecule has 0 aliphatic carbocycles. The molecule has 0 N–H and O–H groups in total. The Balaban J connectivity index is 1.94. The Morgan fingerprint density at radius 2 is 2.06 bits per heavy atom. The average molecular weight is 226 g/mol. The molecule has 92 valence electrons. The fraction of sp³-hybridized carbons (Fsp3) is 0.923. The van der Waals surface area contributed by atoms with Gasteiger partial charge in [0.15, 0.2) is 0 Å². The molecular weight excluding hydrogens is 204 g/mol. The maximum atomic E-state index is 11.9. The molecule has 0 aromatic heterocycles. The summed E-state index contributed by atoms with van der Waals surface area (Å²) >= 11 is 0. The van der Waals surface area contributed by atoms with Gasteiger partial charge in [-0.3, -0.25) is 4.79 Å². The van der Waals surface area contributed by atoms with Crippen molar-refractivity contribution in [3.63, 3.8) is 0 Å². The van der Waals surface area contributed by atoms with Gasteiger partial charge in [-0.05, 0) is 32.1 Å². The van der Waals surface area contributed by atoms with Gasteiger partial charge in [-0.15, -0.1) is 0 Å². The van der Waals surface area contributed by atoms with E-state index in [0.29, 0.717) is 5.78 Å². The zero-order chi connectivity index (χ0) is 11.4. The molecule has 3 heteroatoms. The molecular formula is C13H22O3. The van der Waals surface area contributed by atoms with E-state index in [2.05, 4.69) is 6.92 Å². The lowest BCUT2D eigenvalue weighted by atomic mass is 9.78. The van der Waals surface area contributed by atoms with Gasteiger partial charge in [0.25, 0.3) is 0 Å². The summed E-state index contributed by atoms with van der Waals surface area (Å²) in [5, 5.41) is 0. The molecule has 0 bridgehead atoms. The minimum absolute atomic E-state index is 0.0371. The molecule has 3 nitrogen and oxygen atoms in total. The van der Waals surface area contributed by atoms with E-state index in [1.54, 1.807) is 0 Å². The molecule has 2 aliphatic rings. The Kier molecular flexibility index (Phi) is 3.98. The highest BCUT2D eigenvalue weighted by Gasteiger charge is 2.40. The maximum Gasteiger partial charge on any atom is 0.136 e. The molecule has 1 unspecified atom stereocenters. The van der Waals surface area contributed by atoms with Gasteiger partial charge in [0.05, 0.1) is 5.60 Å². The van der Waals surface area contributed by atoms with Crippen LogP contribution in [-0.2, 0) is 14.3 Å². The number of rotatable bonds is 3. The molecule has 2 rings (SSSR count). The van der Waals surface area contributed by atoms with Crippen LogP contribution in [0.25, 0.3) is 0 Å². The third-order valence-corrected chi connectivity index (χ3v) is 3.85. The smallest absolute Gasteiger partial charge is 0.136 e. The van der Waals surface area contributed by atoms with Gasteiger partial charge in [-0.1, -0.05) is 6.92 Å². The summed E-state index contributed by atoms with van der Waals surface area (Å²) in [5.74, 6) is 0.684. The van der Waals surface area contributed by atoms with Gasteiger partial charge in [0.2, 0.25) is 0 Å². The molecule has 0 aromatic rings. The number of carbonyl (C=O) groups excluding carboxylic acids is 1. The van der Waals surface area contributed by atoms with E-state index in [4.69, 9.17) is 9.47 Å². The monoisotopic (exact) mass is 226 g/mol. The highest BCUT2D eigenvalue weighted by molar-refractivity contribution is 5.81. The topological polar surface area (TPSA) is 35.5 Å². The van der Waals surface area contributed by atoms with Crippen LogP contribution in [0.3, 0.4) is 0 Å². The summed E-state index contributed by atoms with van der Waals surface area (Å²) in [6.45, 7) is 4.39. The molecule has 0 aromatic carbocycles. The lowest BCUT2D eigenvalue weighted by molar-refractivity contribution is -0.157. The third-order valence-electron chi connectivity index (χ3n) is 3.85. The van der Waals surface area contributed by atoms with Crippen molar-refractivity contribution in [1.29, 1.82) is 0 Å². The third kappa shape index (κ3) is 2.64. The first kappa shape index (κ1) is 12.1. The summed E-state index contributed by atoms with van der Waals surface area (Å²) < 4.78 is 11.3. The Hall–Kier alpha value is -0.410. The molecule has 16 heavy (non-hydrogen) atoms. The number of ether oxygens (including phenoxy) is 2. The molecule has 0 radical (unpaired) electrons. The average Bonchev–Trinajstić information content (AvgIpc) is 2.30. The summed E-state index contributed by atoms with van der Waals surface area (Å²) in [6, 6.07) is 0. The van der Waals surface area contributed by atoms with E-state index >= 15 is 0 Å². The predicted octanol–water partition coefficient (Wildman–Crippen LogP) is 2.33. The van der Waals surface area contributed by atoms with E-state index in [1.807, 2.05) is 0 Å². The fourth-order valence-electron chi connectivity index (χ4n) is 2.84. The van der Waals surface area contributed by atoms with Crippen molar-refractivity contribution in [2.75, 3.05) is 19.8 Å². The van der Waals surface area contributed by atoms with E-state index in [1.165, 1.54) is 0 Å².